The number of nitrogens with zero attached hydrogens (tertiary/aromatic N) is 3. The Kier molecular flexibility index (Phi) is 4.84. The minimum absolute atomic E-state index is 1.11. The largest absolute Gasteiger partial charge is 0.305 e. The molecular weight excluding hydrogens is 571 g/mol. The van der Waals surface area contributed by atoms with Crippen molar-refractivity contribution in [3.05, 3.63) is 152 Å². The molecule has 216 valence electrons. The molecule has 4 aromatic heterocycles. The van der Waals surface area contributed by atoms with E-state index in [4.69, 9.17) is 0 Å². The lowest BCUT2D eigenvalue weighted by Crippen LogP contribution is -1.91. The van der Waals surface area contributed by atoms with Gasteiger partial charge in [-0.05, 0) is 95.7 Å². The molecular formula is C44H25N3. The van der Waals surface area contributed by atoms with Crippen LogP contribution in [0.4, 0.5) is 0 Å². The first-order valence-corrected chi connectivity index (χ1v) is 16.1. The monoisotopic (exact) mass is 595 g/mol. The molecule has 0 spiro atoms. The van der Waals surface area contributed by atoms with Crippen LogP contribution in [-0.4, -0.2) is 14.4 Å². The van der Waals surface area contributed by atoms with Crippen LogP contribution in [0.25, 0.3) is 103 Å². The van der Waals surface area contributed by atoms with Gasteiger partial charge in [-0.3, -0.25) is 9.97 Å². The van der Waals surface area contributed by atoms with E-state index in [-0.39, 0.29) is 0 Å². The zero-order chi connectivity index (χ0) is 30.6. The Morgan fingerprint density at radius 2 is 0.830 bits per heavy atom. The number of benzene rings is 7. The van der Waals surface area contributed by atoms with Gasteiger partial charge in [0, 0.05) is 33.9 Å². The standard InChI is InChI=1S/C44H25N3/c1-2-8-30-26(7-1)13-14-27-15-16-28(21-37(27)30)42-33-9-3-5-11-35(33)43(36-12-6-4-10-34(36)42)29-22-38-31-17-19-45-24-40(31)47-41-25-46-20-18-32(41)39(23-29)44(38)47/h1-25H. The van der Waals surface area contributed by atoms with Crippen molar-refractivity contribution in [3.63, 3.8) is 0 Å². The summed E-state index contributed by atoms with van der Waals surface area (Å²) < 4.78 is 2.34. The molecule has 3 nitrogen and oxygen atoms in total. The number of pyridine rings is 2. The maximum atomic E-state index is 4.51. The molecule has 0 fully saturated rings. The van der Waals surface area contributed by atoms with Crippen molar-refractivity contribution in [1.29, 1.82) is 0 Å². The van der Waals surface area contributed by atoms with Crippen LogP contribution in [0.3, 0.4) is 0 Å². The lowest BCUT2D eigenvalue weighted by molar-refractivity contribution is 1.27. The van der Waals surface area contributed by atoms with Crippen LogP contribution in [0, 0.1) is 0 Å². The number of hydrogen-bond acceptors (Lipinski definition) is 2. The first-order valence-electron chi connectivity index (χ1n) is 16.1. The predicted octanol–water partition coefficient (Wildman–Crippen LogP) is 11.6. The normalized spacial score (nSPS) is 12.3. The summed E-state index contributed by atoms with van der Waals surface area (Å²) in [7, 11) is 0. The second kappa shape index (κ2) is 9.12. The second-order valence-corrected chi connectivity index (χ2v) is 12.6. The van der Waals surface area contributed by atoms with Gasteiger partial charge in [-0.15, -0.1) is 0 Å². The van der Waals surface area contributed by atoms with E-state index >= 15 is 0 Å². The van der Waals surface area contributed by atoms with Gasteiger partial charge in [0.15, 0.2) is 0 Å². The van der Waals surface area contributed by atoms with E-state index in [1.165, 1.54) is 92.4 Å². The van der Waals surface area contributed by atoms with Crippen LogP contribution >= 0.6 is 0 Å². The molecule has 3 heteroatoms. The van der Waals surface area contributed by atoms with E-state index in [0.29, 0.717) is 0 Å². The summed E-state index contributed by atoms with van der Waals surface area (Å²) in [6.45, 7) is 0. The summed E-state index contributed by atoms with van der Waals surface area (Å²) in [6.07, 6.45) is 7.76. The van der Waals surface area contributed by atoms with Gasteiger partial charge in [-0.25, -0.2) is 0 Å². The molecule has 0 aliphatic carbocycles. The van der Waals surface area contributed by atoms with Gasteiger partial charge >= 0.3 is 0 Å². The summed E-state index contributed by atoms with van der Waals surface area (Å²) in [5.74, 6) is 0. The summed E-state index contributed by atoms with van der Waals surface area (Å²) in [5, 5.41) is 15.0. The summed E-state index contributed by atoms with van der Waals surface area (Å²) in [5.41, 5.74) is 8.45. The van der Waals surface area contributed by atoms with E-state index in [1.54, 1.807) is 0 Å². The van der Waals surface area contributed by atoms with Crippen molar-refractivity contribution >= 4 is 81.2 Å². The minimum Gasteiger partial charge on any atom is -0.305 e. The van der Waals surface area contributed by atoms with Crippen LogP contribution in [-0.2, 0) is 0 Å². The van der Waals surface area contributed by atoms with E-state index in [0.717, 1.165) is 11.0 Å². The molecule has 0 bridgehead atoms. The Bertz CT molecular complexity index is 2940. The molecule has 0 aliphatic rings. The smallest absolute Gasteiger partial charge is 0.0725 e. The molecule has 11 aromatic rings. The highest BCUT2D eigenvalue weighted by Gasteiger charge is 2.22. The van der Waals surface area contributed by atoms with Crippen molar-refractivity contribution < 1.29 is 0 Å². The Morgan fingerprint density at radius 1 is 0.362 bits per heavy atom. The average Bonchev–Trinajstić information content (AvgIpc) is 3.65. The first kappa shape index (κ1) is 24.9. The predicted molar refractivity (Wildman–Crippen MR) is 198 cm³/mol. The van der Waals surface area contributed by atoms with Gasteiger partial charge in [0.05, 0.1) is 28.9 Å². The highest BCUT2D eigenvalue weighted by atomic mass is 14.9. The Morgan fingerprint density at radius 3 is 1.43 bits per heavy atom. The van der Waals surface area contributed by atoms with E-state index in [2.05, 4.69) is 142 Å². The fraction of sp³-hybridized carbons (Fsp3) is 0. The van der Waals surface area contributed by atoms with Crippen LogP contribution in [0.2, 0.25) is 0 Å². The van der Waals surface area contributed by atoms with Crippen molar-refractivity contribution in [2.45, 2.75) is 0 Å². The fourth-order valence-corrected chi connectivity index (χ4v) is 8.29. The van der Waals surface area contributed by atoms with Crippen LogP contribution in [0.1, 0.15) is 0 Å². The van der Waals surface area contributed by atoms with Gasteiger partial charge in [0.2, 0.25) is 0 Å². The van der Waals surface area contributed by atoms with Crippen LogP contribution in [0.15, 0.2) is 152 Å². The molecule has 0 radical (unpaired) electrons. The Hall–Kier alpha value is -6.32. The molecule has 0 saturated carbocycles. The maximum Gasteiger partial charge on any atom is 0.0725 e. The Balaban J connectivity index is 1.28. The van der Waals surface area contributed by atoms with E-state index < -0.39 is 0 Å². The van der Waals surface area contributed by atoms with Gasteiger partial charge in [-0.2, -0.15) is 0 Å². The van der Waals surface area contributed by atoms with Crippen molar-refractivity contribution in [2.24, 2.45) is 0 Å². The molecule has 11 rings (SSSR count). The average molecular weight is 596 g/mol. The summed E-state index contributed by atoms with van der Waals surface area (Å²) in [4.78, 5) is 9.02. The highest BCUT2D eigenvalue weighted by molar-refractivity contribution is 6.27. The van der Waals surface area contributed by atoms with Crippen molar-refractivity contribution in [1.82, 2.24) is 14.4 Å². The third-order valence-corrected chi connectivity index (χ3v) is 10.3. The third-order valence-electron chi connectivity index (χ3n) is 10.3. The summed E-state index contributed by atoms with van der Waals surface area (Å²) >= 11 is 0. The molecule has 47 heavy (non-hydrogen) atoms. The number of aromatic nitrogens is 3. The summed E-state index contributed by atoms with van der Waals surface area (Å²) in [6, 6.07) is 47.1. The van der Waals surface area contributed by atoms with Crippen LogP contribution < -0.4 is 0 Å². The molecule has 0 amide bonds. The van der Waals surface area contributed by atoms with E-state index in [9.17, 15) is 0 Å². The van der Waals surface area contributed by atoms with Crippen molar-refractivity contribution in [3.8, 4) is 22.3 Å². The van der Waals surface area contributed by atoms with Gasteiger partial charge in [-0.1, -0.05) is 97.1 Å². The zero-order valence-corrected chi connectivity index (χ0v) is 25.3. The lowest BCUT2D eigenvalue weighted by Gasteiger charge is -2.18. The van der Waals surface area contributed by atoms with Gasteiger partial charge in [0.25, 0.3) is 0 Å². The molecule has 0 atom stereocenters. The van der Waals surface area contributed by atoms with Crippen molar-refractivity contribution in [2.75, 3.05) is 0 Å². The number of hydrogen-bond donors (Lipinski definition) is 0. The molecule has 0 aliphatic heterocycles. The Labute approximate surface area is 269 Å². The first-order chi connectivity index (χ1) is 23.3. The molecule has 0 saturated heterocycles. The topological polar surface area (TPSA) is 30.2 Å². The lowest BCUT2D eigenvalue weighted by atomic mass is 9.85. The van der Waals surface area contributed by atoms with Gasteiger partial charge in [0.1, 0.15) is 0 Å². The molecule has 4 heterocycles. The molecule has 0 unspecified atom stereocenters. The minimum atomic E-state index is 1.11. The highest BCUT2D eigenvalue weighted by Crippen LogP contribution is 2.47. The SMILES string of the molecule is c1ccc2c(c1)ccc1ccc(-c3c4ccccc4c(-c4cc5c6ccncc6n6c7cnccc7c(c4)c56)c4ccccc34)cc12. The van der Waals surface area contributed by atoms with Crippen LogP contribution in [0.5, 0.6) is 0 Å². The second-order valence-electron chi connectivity index (χ2n) is 12.6. The molecule has 0 N–H and O–H groups in total. The number of fused-ring (bicyclic) bond motifs is 11. The van der Waals surface area contributed by atoms with E-state index in [1.807, 2.05) is 24.8 Å². The van der Waals surface area contributed by atoms with Gasteiger partial charge < -0.3 is 4.40 Å². The molecule has 7 aromatic carbocycles. The quantitative estimate of drug-likeness (QED) is 0.147. The third kappa shape index (κ3) is 3.30. The fourth-order valence-electron chi connectivity index (χ4n) is 8.29. The zero-order valence-electron chi connectivity index (χ0n) is 25.3. The maximum absolute atomic E-state index is 4.51. The number of rotatable bonds is 2.